The third-order valence-electron chi connectivity index (χ3n) is 6.00. The molecule has 4 nitrogen and oxygen atoms in total. The fraction of sp³-hybridized carbons (Fsp3) is 0.667. The smallest absolute Gasteiger partial charge is 0.162 e. The second kappa shape index (κ2) is 17.7. The fourth-order valence-corrected chi connectivity index (χ4v) is 4.03. The Bertz CT molecular complexity index is 642. The maximum atomic E-state index is 4.19. The van der Waals surface area contributed by atoms with Gasteiger partial charge in [0.1, 0.15) is 12.7 Å². The van der Waals surface area contributed by atoms with Crippen molar-refractivity contribution >= 4 is 5.69 Å². The number of hydrogen-bond donors (Lipinski definition) is 1. The number of rotatable bonds is 19. The highest BCUT2D eigenvalue weighted by molar-refractivity contribution is 5.59. The van der Waals surface area contributed by atoms with Gasteiger partial charge in [-0.05, 0) is 30.7 Å². The molecule has 31 heavy (non-hydrogen) atoms. The van der Waals surface area contributed by atoms with Crippen molar-refractivity contribution < 1.29 is 0 Å². The number of benzene rings is 1. The summed E-state index contributed by atoms with van der Waals surface area (Å²) in [5, 5.41) is 3.52. The van der Waals surface area contributed by atoms with E-state index in [2.05, 4.69) is 51.5 Å². The maximum absolute atomic E-state index is 4.19. The first-order valence-corrected chi connectivity index (χ1v) is 12.9. The summed E-state index contributed by atoms with van der Waals surface area (Å²) >= 11 is 0. The third-order valence-corrected chi connectivity index (χ3v) is 6.00. The highest BCUT2D eigenvalue weighted by Gasteiger charge is 2.00. The molecule has 0 aliphatic rings. The van der Waals surface area contributed by atoms with Gasteiger partial charge in [-0.2, -0.15) is 0 Å². The first-order chi connectivity index (χ1) is 15.4. The van der Waals surface area contributed by atoms with Crippen molar-refractivity contribution in [3.05, 3.63) is 36.9 Å². The molecular formula is C27H44N4. The largest absolute Gasteiger partial charge is 0.385 e. The van der Waals surface area contributed by atoms with Crippen molar-refractivity contribution in [3.8, 4) is 11.4 Å². The van der Waals surface area contributed by atoms with Crippen LogP contribution in [0.4, 0.5) is 5.69 Å². The monoisotopic (exact) mass is 424 g/mol. The van der Waals surface area contributed by atoms with E-state index in [0.717, 1.165) is 17.9 Å². The molecule has 2 rings (SSSR count). The van der Waals surface area contributed by atoms with E-state index < -0.39 is 0 Å². The molecule has 0 aliphatic carbocycles. The standard InChI is InChI=1S/C27H44N4/c1-2-3-4-5-6-7-8-9-10-11-12-13-14-15-16-17-22-29-26-20-18-25(19-21-26)27-30-23-28-24-31-27/h18-21,23-24,29H,2-17,22H2,1H3. The molecule has 0 bridgehead atoms. The van der Waals surface area contributed by atoms with Crippen LogP contribution in [0.3, 0.4) is 0 Å². The molecule has 1 heterocycles. The van der Waals surface area contributed by atoms with E-state index in [1.807, 2.05) is 0 Å². The molecule has 1 N–H and O–H groups in total. The summed E-state index contributed by atoms with van der Waals surface area (Å²) in [4.78, 5) is 12.2. The van der Waals surface area contributed by atoms with Crippen LogP contribution >= 0.6 is 0 Å². The van der Waals surface area contributed by atoms with Crippen LogP contribution in [0, 0.1) is 0 Å². The predicted octanol–water partition coefficient (Wildman–Crippen LogP) is 8.21. The molecule has 0 saturated heterocycles. The summed E-state index contributed by atoms with van der Waals surface area (Å²) < 4.78 is 0. The number of nitrogens with one attached hydrogen (secondary N) is 1. The van der Waals surface area contributed by atoms with E-state index in [1.165, 1.54) is 121 Å². The molecule has 0 radical (unpaired) electrons. The lowest BCUT2D eigenvalue weighted by atomic mass is 10.0. The summed E-state index contributed by atoms with van der Waals surface area (Å²) in [5.74, 6) is 0.722. The van der Waals surface area contributed by atoms with Crippen molar-refractivity contribution in [1.82, 2.24) is 15.0 Å². The minimum absolute atomic E-state index is 0.722. The minimum atomic E-state index is 0.722. The zero-order valence-corrected chi connectivity index (χ0v) is 19.8. The second-order valence-electron chi connectivity index (χ2n) is 8.77. The molecule has 0 atom stereocenters. The summed E-state index contributed by atoms with van der Waals surface area (Å²) in [6.45, 7) is 3.34. The second-order valence-corrected chi connectivity index (χ2v) is 8.77. The molecule has 172 valence electrons. The lowest BCUT2D eigenvalue weighted by molar-refractivity contribution is 0.530. The third kappa shape index (κ3) is 12.5. The Labute approximate surface area is 190 Å². The molecule has 0 fully saturated rings. The van der Waals surface area contributed by atoms with Gasteiger partial charge in [0.2, 0.25) is 0 Å². The minimum Gasteiger partial charge on any atom is -0.385 e. The van der Waals surface area contributed by atoms with E-state index in [4.69, 9.17) is 0 Å². The number of anilines is 1. The van der Waals surface area contributed by atoms with Crippen LogP contribution in [0.2, 0.25) is 0 Å². The van der Waals surface area contributed by atoms with Crippen LogP contribution in [0.5, 0.6) is 0 Å². The van der Waals surface area contributed by atoms with E-state index in [-0.39, 0.29) is 0 Å². The Morgan fingerprint density at radius 1 is 0.581 bits per heavy atom. The lowest BCUT2D eigenvalue weighted by Crippen LogP contribution is -2.01. The Morgan fingerprint density at radius 2 is 1.03 bits per heavy atom. The topological polar surface area (TPSA) is 50.7 Å². The van der Waals surface area contributed by atoms with Crippen LogP contribution in [0.1, 0.15) is 110 Å². The first-order valence-electron chi connectivity index (χ1n) is 12.9. The van der Waals surface area contributed by atoms with E-state index in [1.54, 1.807) is 0 Å². The molecule has 4 heteroatoms. The molecule has 0 saturated carbocycles. The zero-order valence-electron chi connectivity index (χ0n) is 19.8. The SMILES string of the molecule is CCCCCCCCCCCCCCCCCCNc1ccc(-c2ncncn2)cc1. The number of unbranched alkanes of at least 4 members (excludes halogenated alkanes) is 15. The van der Waals surface area contributed by atoms with Gasteiger partial charge >= 0.3 is 0 Å². The Hall–Kier alpha value is -1.97. The molecule has 0 amide bonds. The number of nitrogens with zero attached hydrogens (tertiary/aromatic N) is 3. The van der Waals surface area contributed by atoms with Gasteiger partial charge in [-0.15, -0.1) is 0 Å². The summed E-state index contributed by atoms with van der Waals surface area (Å²) in [5.41, 5.74) is 2.19. The van der Waals surface area contributed by atoms with Gasteiger partial charge in [-0.25, -0.2) is 15.0 Å². The highest BCUT2D eigenvalue weighted by atomic mass is 15.0. The van der Waals surface area contributed by atoms with Crippen LogP contribution in [0.15, 0.2) is 36.9 Å². The lowest BCUT2D eigenvalue weighted by Gasteiger charge is -2.07. The molecular weight excluding hydrogens is 380 g/mol. The molecule has 1 aromatic carbocycles. The number of aromatic nitrogens is 3. The Kier molecular flexibility index (Phi) is 14.4. The van der Waals surface area contributed by atoms with E-state index in [0.29, 0.717) is 0 Å². The summed E-state index contributed by atoms with van der Waals surface area (Å²) in [6.07, 6.45) is 25.7. The van der Waals surface area contributed by atoms with E-state index in [9.17, 15) is 0 Å². The fourth-order valence-electron chi connectivity index (χ4n) is 4.03. The van der Waals surface area contributed by atoms with Crippen LogP contribution in [-0.2, 0) is 0 Å². The molecule has 2 aromatic rings. The van der Waals surface area contributed by atoms with Crippen LogP contribution < -0.4 is 5.32 Å². The Morgan fingerprint density at radius 3 is 1.52 bits per heavy atom. The first kappa shape index (κ1) is 25.3. The van der Waals surface area contributed by atoms with Gasteiger partial charge in [0.05, 0.1) is 0 Å². The molecule has 0 spiro atoms. The van der Waals surface area contributed by atoms with E-state index >= 15 is 0 Å². The van der Waals surface area contributed by atoms with Crippen molar-refractivity contribution in [2.24, 2.45) is 0 Å². The van der Waals surface area contributed by atoms with Gasteiger partial charge in [0, 0.05) is 17.8 Å². The highest BCUT2D eigenvalue weighted by Crippen LogP contribution is 2.17. The van der Waals surface area contributed by atoms with Crippen LogP contribution in [-0.4, -0.2) is 21.5 Å². The van der Waals surface area contributed by atoms with Gasteiger partial charge in [0.15, 0.2) is 5.82 Å². The predicted molar refractivity (Wildman–Crippen MR) is 133 cm³/mol. The molecule has 0 aliphatic heterocycles. The summed E-state index contributed by atoms with van der Waals surface area (Å²) in [6, 6.07) is 8.33. The van der Waals surface area contributed by atoms with Crippen molar-refractivity contribution in [2.45, 2.75) is 110 Å². The van der Waals surface area contributed by atoms with Gasteiger partial charge < -0.3 is 5.32 Å². The Balaban J connectivity index is 1.35. The van der Waals surface area contributed by atoms with Crippen molar-refractivity contribution in [2.75, 3.05) is 11.9 Å². The van der Waals surface area contributed by atoms with Crippen molar-refractivity contribution in [3.63, 3.8) is 0 Å². The normalized spacial score (nSPS) is 11.0. The summed E-state index contributed by atoms with van der Waals surface area (Å²) in [7, 11) is 0. The zero-order chi connectivity index (χ0) is 21.8. The molecule has 1 aromatic heterocycles. The molecule has 0 unspecified atom stereocenters. The average Bonchev–Trinajstić information content (AvgIpc) is 2.82. The van der Waals surface area contributed by atoms with Gasteiger partial charge in [-0.1, -0.05) is 103 Å². The van der Waals surface area contributed by atoms with Gasteiger partial charge in [-0.3, -0.25) is 0 Å². The quantitative estimate of drug-likeness (QED) is 0.231. The van der Waals surface area contributed by atoms with Crippen LogP contribution in [0.25, 0.3) is 11.4 Å². The van der Waals surface area contributed by atoms with Crippen molar-refractivity contribution in [1.29, 1.82) is 0 Å². The maximum Gasteiger partial charge on any atom is 0.162 e. The number of hydrogen-bond acceptors (Lipinski definition) is 4. The van der Waals surface area contributed by atoms with Gasteiger partial charge in [0.25, 0.3) is 0 Å². The average molecular weight is 425 g/mol.